The molecular weight excluding hydrogens is 318 g/mol. The predicted molar refractivity (Wildman–Crippen MR) is 95.0 cm³/mol. The first-order valence-corrected chi connectivity index (χ1v) is 8.45. The van der Waals surface area contributed by atoms with Crippen molar-refractivity contribution in [3.8, 4) is 11.4 Å². The van der Waals surface area contributed by atoms with E-state index in [4.69, 9.17) is 9.97 Å². The molecule has 2 aromatic heterocycles. The third kappa shape index (κ3) is 3.46. The summed E-state index contributed by atoms with van der Waals surface area (Å²) in [7, 11) is 3.91. The highest BCUT2D eigenvalue weighted by atomic mass is 16.3. The molecule has 7 nitrogen and oxygen atoms in total. The van der Waals surface area contributed by atoms with Crippen LogP contribution in [-0.4, -0.2) is 57.6 Å². The molecule has 1 N–H and O–H groups in total. The Labute approximate surface area is 147 Å². The van der Waals surface area contributed by atoms with Crippen molar-refractivity contribution in [2.45, 2.75) is 32.4 Å². The molecule has 0 saturated carbocycles. The lowest BCUT2D eigenvalue weighted by Gasteiger charge is -2.31. The van der Waals surface area contributed by atoms with Crippen molar-refractivity contribution in [3.63, 3.8) is 0 Å². The van der Waals surface area contributed by atoms with Gasteiger partial charge < -0.3 is 14.9 Å². The minimum Gasteiger partial charge on any atom is -0.383 e. The van der Waals surface area contributed by atoms with Crippen molar-refractivity contribution in [2.75, 3.05) is 25.5 Å². The van der Waals surface area contributed by atoms with E-state index < -0.39 is 6.10 Å². The highest BCUT2D eigenvalue weighted by Crippen LogP contribution is 2.28. The second-order valence-electron chi connectivity index (χ2n) is 6.36. The number of amides is 1. The van der Waals surface area contributed by atoms with Gasteiger partial charge in [0.25, 0.3) is 5.91 Å². The number of rotatable bonds is 4. The SMILES string of the molecule is CC[C@H](O)C(=O)N1CCc2c(nc(-c3ccncc3)nc2N(C)C)C1. The van der Waals surface area contributed by atoms with E-state index in [-0.39, 0.29) is 5.91 Å². The van der Waals surface area contributed by atoms with Crippen LogP contribution in [0, 0.1) is 0 Å². The van der Waals surface area contributed by atoms with E-state index in [1.165, 1.54) is 0 Å². The Balaban J connectivity index is 2.00. The number of fused-ring (bicyclic) bond motifs is 1. The van der Waals surface area contributed by atoms with Gasteiger partial charge in [-0.25, -0.2) is 9.97 Å². The largest absolute Gasteiger partial charge is 0.383 e. The summed E-state index contributed by atoms with van der Waals surface area (Å²) in [5.74, 6) is 1.26. The topological polar surface area (TPSA) is 82.4 Å². The van der Waals surface area contributed by atoms with E-state index in [1.807, 2.05) is 31.1 Å². The molecule has 7 heteroatoms. The number of carbonyl (C=O) groups is 1. The normalized spacial score (nSPS) is 14.8. The van der Waals surface area contributed by atoms with Crippen molar-refractivity contribution in [3.05, 3.63) is 35.8 Å². The highest BCUT2D eigenvalue weighted by Gasteiger charge is 2.28. The molecule has 0 radical (unpaired) electrons. The fraction of sp³-hybridized carbons (Fsp3) is 0.444. The van der Waals surface area contributed by atoms with E-state index in [0.717, 1.165) is 22.6 Å². The van der Waals surface area contributed by atoms with Crippen molar-refractivity contribution < 1.29 is 9.90 Å². The molecule has 3 rings (SSSR count). The lowest BCUT2D eigenvalue weighted by atomic mass is 10.0. The summed E-state index contributed by atoms with van der Waals surface area (Å²) in [5, 5.41) is 9.86. The van der Waals surface area contributed by atoms with Gasteiger partial charge in [-0.3, -0.25) is 9.78 Å². The minimum absolute atomic E-state index is 0.233. The predicted octanol–water partition coefficient (Wildman–Crippen LogP) is 1.26. The Hall–Kier alpha value is -2.54. The van der Waals surface area contributed by atoms with Crippen LogP contribution in [0.5, 0.6) is 0 Å². The number of hydrogen-bond acceptors (Lipinski definition) is 6. The number of aliphatic hydroxyl groups excluding tert-OH is 1. The minimum atomic E-state index is -0.948. The maximum Gasteiger partial charge on any atom is 0.251 e. The molecule has 25 heavy (non-hydrogen) atoms. The van der Waals surface area contributed by atoms with Crippen LogP contribution in [0.3, 0.4) is 0 Å². The maximum absolute atomic E-state index is 12.3. The highest BCUT2D eigenvalue weighted by molar-refractivity contribution is 5.81. The molecule has 3 heterocycles. The van der Waals surface area contributed by atoms with Gasteiger partial charge in [-0.15, -0.1) is 0 Å². The number of aromatic nitrogens is 3. The van der Waals surface area contributed by atoms with Crippen LogP contribution in [-0.2, 0) is 17.8 Å². The third-order valence-electron chi connectivity index (χ3n) is 4.39. The molecule has 2 aromatic rings. The van der Waals surface area contributed by atoms with Crippen molar-refractivity contribution in [2.24, 2.45) is 0 Å². The number of aliphatic hydroxyl groups is 1. The van der Waals surface area contributed by atoms with Gasteiger partial charge in [0, 0.05) is 44.2 Å². The van der Waals surface area contributed by atoms with Crippen LogP contribution in [0.25, 0.3) is 11.4 Å². The molecular formula is C18H23N5O2. The zero-order valence-electron chi connectivity index (χ0n) is 14.8. The van der Waals surface area contributed by atoms with Crippen LogP contribution in [0.4, 0.5) is 5.82 Å². The molecule has 0 unspecified atom stereocenters. The quantitative estimate of drug-likeness (QED) is 0.901. The number of carbonyl (C=O) groups excluding carboxylic acids is 1. The van der Waals surface area contributed by atoms with Gasteiger partial charge in [-0.2, -0.15) is 0 Å². The van der Waals surface area contributed by atoms with E-state index in [1.54, 1.807) is 24.2 Å². The zero-order chi connectivity index (χ0) is 18.0. The van der Waals surface area contributed by atoms with E-state index in [9.17, 15) is 9.90 Å². The van der Waals surface area contributed by atoms with Gasteiger partial charge in [0.2, 0.25) is 0 Å². The van der Waals surface area contributed by atoms with Gasteiger partial charge >= 0.3 is 0 Å². The first kappa shape index (κ1) is 17.3. The summed E-state index contributed by atoms with van der Waals surface area (Å²) in [5.41, 5.74) is 2.80. The second kappa shape index (κ2) is 7.14. The number of anilines is 1. The van der Waals surface area contributed by atoms with Gasteiger partial charge in [0.05, 0.1) is 12.2 Å². The van der Waals surface area contributed by atoms with Crippen LogP contribution < -0.4 is 4.90 Å². The Morgan fingerprint density at radius 1 is 1.32 bits per heavy atom. The Kier molecular flexibility index (Phi) is 4.94. The molecule has 132 valence electrons. The standard InChI is InChI=1S/C18H23N5O2/c1-4-15(24)18(25)23-10-7-13-14(11-23)20-16(21-17(13)22(2)3)12-5-8-19-9-6-12/h5-6,8-9,15,24H,4,7,10-11H2,1-3H3/t15-/m0/s1. The first-order chi connectivity index (χ1) is 12.0. The molecule has 0 fully saturated rings. The lowest BCUT2D eigenvalue weighted by Crippen LogP contribution is -2.42. The Morgan fingerprint density at radius 3 is 2.68 bits per heavy atom. The molecule has 0 saturated heterocycles. The van der Waals surface area contributed by atoms with Crippen LogP contribution in [0.2, 0.25) is 0 Å². The fourth-order valence-corrected chi connectivity index (χ4v) is 2.98. The second-order valence-corrected chi connectivity index (χ2v) is 6.36. The summed E-state index contributed by atoms with van der Waals surface area (Å²) in [6.07, 6.45) is 3.57. The van der Waals surface area contributed by atoms with Crippen molar-refractivity contribution in [1.29, 1.82) is 0 Å². The number of nitrogens with zero attached hydrogens (tertiary/aromatic N) is 5. The lowest BCUT2D eigenvalue weighted by molar-refractivity contribution is -0.141. The summed E-state index contributed by atoms with van der Waals surface area (Å²) in [6, 6.07) is 3.74. The summed E-state index contributed by atoms with van der Waals surface area (Å²) < 4.78 is 0. The van der Waals surface area contributed by atoms with Crippen molar-refractivity contribution >= 4 is 11.7 Å². The molecule has 1 aliphatic rings. The smallest absolute Gasteiger partial charge is 0.251 e. The molecule has 0 aliphatic carbocycles. The van der Waals surface area contributed by atoms with E-state index in [2.05, 4.69) is 4.98 Å². The van der Waals surface area contributed by atoms with Gasteiger partial charge in [0.15, 0.2) is 5.82 Å². The van der Waals surface area contributed by atoms with Crippen LogP contribution >= 0.6 is 0 Å². The molecule has 0 aromatic carbocycles. The van der Waals surface area contributed by atoms with Crippen LogP contribution in [0.15, 0.2) is 24.5 Å². The number of pyridine rings is 1. The average molecular weight is 341 g/mol. The Bertz CT molecular complexity index is 764. The average Bonchev–Trinajstić information content (AvgIpc) is 2.65. The molecule has 1 amide bonds. The van der Waals surface area contributed by atoms with Gasteiger partial charge in [-0.1, -0.05) is 6.92 Å². The fourth-order valence-electron chi connectivity index (χ4n) is 2.98. The molecule has 0 spiro atoms. The van der Waals surface area contributed by atoms with Crippen LogP contribution in [0.1, 0.15) is 24.6 Å². The van der Waals surface area contributed by atoms with E-state index >= 15 is 0 Å². The van der Waals surface area contributed by atoms with E-state index in [0.29, 0.717) is 31.8 Å². The molecule has 0 bridgehead atoms. The zero-order valence-corrected chi connectivity index (χ0v) is 14.8. The first-order valence-electron chi connectivity index (χ1n) is 8.45. The maximum atomic E-state index is 12.3. The van der Waals surface area contributed by atoms with Gasteiger partial charge in [0.1, 0.15) is 11.9 Å². The van der Waals surface area contributed by atoms with Gasteiger partial charge in [-0.05, 0) is 25.0 Å². The number of hydrogen-bond donors (Lipinski definition) is 1. The molecule has 1 aliphatic heterocycles. The van der Waals surface area contributed by atoms with Crippen molar-refractivity contribution in [1.82, 2.24) is 19.9 Å². The molecule has 1 atom stereocenters. The summed E-state index contributed by atoms with van der Waals surface area (Å²) in [4.78, 5) is 29.4. The monoisotopic (exact) mass is 341 g/mol. The Morgan fingerprint density at radius 2 is 2.04 bits per heavy atom. The third-order valence-corrected chi connectivity index (χ3v) is 4.39. The summed E-state index contributed by atoms with van der Waals surface area (Å²) in [6.45, 7) is 2.77. The summed E-state index contributed by atoms with van der Waals surface area (Å²) >= 11 is 0.